The molecule has 0 saturated carbocycles. The van der Waals surface area contributed by atoms with Crippen molar-refractivity contribution in [2.45, 2.75) is 29.6 Å². The molecule has 15 heteroatoms. The molecule has 6 nitrogen and oxygen atoms in total. The van der Waals surface area contributed by atoms with Gasteiger partial charge in [-0.2, -0.15) is 36.7 Å². The number of aromatic nitrogens is 2. The van der Waals surface area contributed by atoms with E-state index in [9.17, 15) is 36.4 Å². The lowest BCUT2D eigenvalue weighted by molar-refractivity contribution is -0.137. The molecule has 168 valence electrons. The standard InChI is InChI=1S/C16H10Cl2F6N4O2S/c1-6(30-2)14(29)26-13-12(31-16(22,23)24)10(5-25)27-28(13)11-8(17)3-7(4-9(11)18)15(19,20)21/h3-4,6H,1-2H3,(H,26,29). The van der Waals surface area contributed by atoms with Crippen molar-refractivity contribution in [3.8, 4) is 11.8 Å². The number of ether oxygens (including phenoxy) is 1. The van der Waals surface area contributed by atoms with Gasteiger partial charge >= 0.3 is 11.7 Å². The Bertz CT molecular complexity index is 1030. The first-order valence-electron chi connectivity index (χ1n) is 7.88. The lowest BCUT2D eigenvalue weighted by Crippen LogP contribution is -2.28. The number of rotatable bonds is 5. The lowest BCUT2D eigenvalue weighted by Gasteiger charge is -2.17. The van der Waals surface area contributed by atoms with Crippen LogP contribution in [0.3, 0.4) is 0 Å². The molecule has 0 aliphatic carbocycles. The fraction of sp³-hybridized carbons (Fsp3) is 0.312. The van der Waals surface area contributed by atoms with Crippen LogP contribution >= 0.6 is 35.0 Å². The zero-order valence-electron chi connectivity index (χ0n) is 15.3. The van der Waals surface area contributed by atoms with Gasteiger partial charge in [0.1, 0.15) is 17.9 Å². The van der Waals surface area contributed by atoms with Gasteiger partial charge in [0, 0.05) is 7.11 Å². The van der Waals surface area contributed by atoms with Gasteiger partial charge in [0.25, 0.3) is 5.91 Å². The number of amides is 1. The number of hydrogen-bond donors (Lipinski definition) is 1. The van der Waals surface area contributed by atoms with Gasteiger partial charge in [-0.15, -0.1) is 0 Å². The molecule has 31 heavy (non-hydrogen) atoms. The highest BCUT2D eigenvalue weighted by Crippen LogP contribution is 2.45. The molecule has 1 heterocycles. The van der Waals surface area contributed by atoms with Crippen LogP contribution in [-0.2, 0) is 15.7 Å². The summed E-state index contributed by atoms with van der Waals surface area (Å²) >= 11 is 11.1. The Morgan fingerprint density at radius 3 is 2.23 bits per heavy atom. The molecule has 0 bridgehead atoms. The third-order valence-corrected chi connectivity index (χ3v) is 5.08. The SMILES string of the molecule is COC(C)C(=O)Nc1c(SC(F)(F)F)c(C#N)nn1-c1c(Cl)cc(C(F)(F)F)cc1Cl. The third kappa shape index (κ3) is 5.76. The van der Waals surface area contributed by atoms with Crippen LogP contribution in [-0.4, -0.2) is 34.4 Å². The normalized spacial score (nSPS) is 13.1. The van der Waals surface area contributed by atoms with Crippen molar-refractivity contribution in [2.24, 2.45) is 0 Å². The summed E-state index contributed by atoms with van der Waals surface area (Å²) in [6.45, 7) is 1.29. The van der Waals surface area contributed by atoms with Crippen LogP contribution in [0.2, 0.25) is 10.0 Å². The van der Waals surface area contributed by atoms with Gasteiger partial charge in [-0.25, -0.2) is 4.68 Å². The molecular formula is C16H10Cl2F6N4O2S. The van der Waals surface area contributed by atoms with E-state index in [1.165, 1.54) is 13.0 Å². The summed E-state index contributed by atoms with van der Waals surface area (Å²) in [5, 5.41) is 13.7. The number of nitrogens with zero attached hydrogens (tertiary/aromatic N) is 3. The molecular weight excluding hydrogens is 497 g/mol. The number of carbonyl (C=O) groups excluding carboxylic acids is 1. The van der Waals surface area contributed by atoms with Gasteiger partial charge in [-0.1, -0.05) is 23.2 Å². The Morgan fingerprint density at radius 1 is 1.26 bits per heavy atom. The van der Waals surface area contributed by atoms with E-state index in [1.54, 1.807) is 0 Å². The first-order valence-corrected chi connectivity index (χ1v) is 9.46. The average molecular weight is 507 g/mol. The minimum Gasteiger partial charge on any atom is -0.372 e. The van der Waals surface area contributed by atoms with Gasteiger partial charge < -0.3 is 10.1 Å². The van der Waals surface area contributed by atoms with Gasteiger partial charge in [-0.05, 0) is 30.8 Å². The largest absolute Gasteiger partial charge is 0.446 e. The molecule has 2 aromatic rings. The Balaban J connectivity index is 2.78. The quantitative estimate of drug-likeness (QED) is 0.418. The topological polar surface area (TPSA) is 79.9 Å². The van der Waals surface area contributed by atoms with Crippen LogP contribution in [0.5, 0.6) is 0 Å². The molecule has 0 saturated heterocycles. The number of halogens is 8. The van der Waals surface area contributed by atoms with Crippen LogP contribution in [0.15, 0.2) is 17.0 Å². The molecule has 1 amide bonds. The number of benzene rings is 1. The predicted octanol–water partition coefficient (Wildman–Crippen LogP) is 5.65. The fourth-order valence-electron chi connectivity index (χ4n) is 2.22. The zero-order chi connectivity index (χ0) is 23.7. The molecule has 0 aliphatic rings. The summed E-state index contributed by atoms with van der Waals surface area (Å²) in [6, 6.07) is 2.40. The molecule has 0 radical (unpaired) electrons. The van der Waals surface area contributed by atoms with E-state index in [0.29, 0.717) is 16.8 Å². The molecule has 1 aromatic carbocycles. The Kier molecular flexibility index (Phi) is 7.42. The minimum atomic E-state index is -4.89. The van der Waals surface area contributed by atoms with E-state index in [0.717, 1.165) is 7.11 Å². The Morgan fingerprint density at radius 2 is 1.81 bits per heavy atom. The van der Waals surface area contributed by atoms with Crippen LogP contribution in [0, 0.1) is 11.3 Å². The Labute approximate surface area is 185 Å². The van der Waals surface area contributed by atoms with E-state index in [-0.39, 0.29) is 0 Å². The van der Waals surface area contributed by atoms with E-state index >= 15 is 0 Å². The smallest absolute Gasteiger partial charge is 0.372 e. The molecule has 1 aromatic heterocycles. The second-order valence-electron chi connectivity index (χ2n) is 5.75. The third-order valence-electron chi connectivity index (χ3n) is 3.69. The summed E-state index contributed by atoms with van der Waals surface area (Å²) in [5.41, 5.74) is -7.35. The highest BCUT2D eigenvalue weighted by molar-refractivity contribution is 8.00. The van der Waals surface area contributed by atoms with E-state index in [2.05, 4.69) is 10.4 Å². The highest BCUT2D eigenvalue weighted by Gasteiger charge is 2.37. The number of nitrogens with one attached hydrogen (secondary N) is 1. The Hall–Kier alpha value is -2.14. The van der Waals surface area contributed by atoms with Crippen molar-refractivity contribution < 1.29 is 35.9 Å². The summed E-state index contributed by atoms with van der Waals surface area (Å²) < 4.78 is 83.5. The van der Waals surface area contributed by atoms with Crippen LogP contribution in [0.1, 0.15) is 18.2 Å². The first-order chi connectivity index (χ1) is 14.2. The van der Waals surface area contributed by atoms with Crippen molar-refractivity contribution in [1.29, 1.82) is 5.26 Å². The molecule has 1 unspecified atom stereocenters. The summed E-state index contributed by atoms with van der Waals surface area (Å²) in [5.74, 6) is -1.59. The fourth-order valence-corrected chi connectivity index (χ4v) is 3.51. The molecule has 0 spiro atoms. The van der Waals surface area contributed by atoms with Crippen LogP contribution in [0.4, 0.5) is 32.2 Å². The van der Waals surface area contributed by atoms with Crippen LogP contribution < -0.4 is 5.32 Å². The maximum Gasteiger partial charge on any atom is 0.446 e. The molecule has 1 atom stereocenters. The van der Waals surface area contributed by atoms with Gasteiger partial charge in [0.05, 0.1) is 20.5 Å². The first kappa shape index (κ1) is 25.1. The summed E-state index contributed by atoms with van der Waals surface area (Å²) in [4.78, 5) is 11.4. The predicted molar refractivity (Wildman–Crippen MR) is 100 cm³/mol. The molecule has 0 fully saturated rings. The van der Waals surface area contributed by atoms with Crippen molar-refractivity contribution in [3.05, 3.63) is 33.4 Å². The monoisotopic (exact) mass is 506 g/mol. The number of alkyl halides is 6. The minimum absolute atomic E-state index is 0.470. The van der Waals surface area contributed by atoms with Crippen molar-refractivity contribution in [2.75, 3.05) is 12.4 Å². The van der Waals surface area contributed by atoms with E-state index in [4.69, 9.17) is 27.9 Å². The van der Waals surface area contributed by atoms with Gasteiger partial charge in [-0.3, -0.25) is 4.79 Å². The summed E-state index contributed by atoms with van der Waals surface area (Å²) in [7, 11) is 1.16. The lowest BCUT2D eigenvalue weighted by atomic mass is 10.2. The molecule has 2 rings (SSSR count). The van der Waals surface area contributed by atoms with E-state index < -0.39 is 73.2 Å². The van der Waals surface area contributed by atoms with Crippen molar-refractivity contribution in [1.82, 2.24) is 9.78 Å². The van der Waals surface area contributed by atoms with Gasteiger partial charge in [0.2, 0.25) is 0 Å². The maximum atomic E-state index is 13.1. The zero-order valence-corrected chi connectivity index (χ0v) is 17.7. The van der Waals surface area contributed by atoms with E-state index in [1.807, 2.05) is 0 Å². The molecule has 1 N–H and O–H groups in total. The summed E-state index contributed by atoms with van der Waals surface area (Å²) in [6.07, 6.45) is -5.94. The number of methoxy groups -OCH3 is 1. The van der Waals surface area contributed by atoms with Crippen molar-refractivity contribution in [3.63, 3.8) is 0 Å². The molecule has 0 aliphatic heterocycles. The maximum absolute atomic E-state index is 13.1. The number of carbonyl (C=O) groups is 1. The number of nitriles is 1. The average Bonchev–Trinajstić information content (AvgIpc) is 2.95. The second kappa shape index (κ2) is 9.15. The number of thioether (sulfide) groups is 1. The number of hydrogen-bond acceptors (Lipinski definition) is 5. The number of anilines is 1. The van der Waals surface area contributed by atoms with Gasteiger partial charge in [0.15, 0.2) is 11.5 Å². The second-order valence-corrected chi connectivity index (χ2v) is 7.64. The van der Waals surface area contributed by atoms with Crippen molar-refractivity contribution >= 4 is 46.7 Å². The van der Waals surface area contributed by atoms with Crippen LogP contribution in [0.25, 0.3) is 5.69 Å². The highest BCUT2D eigenvalue weighted by atomic mass is 35.5.